The fraction of sp³-hybridized carbons (Fsp3) is 0.292. The number of amidine groups is 1. The van der Waals surface area contributed by atoms with E-state index in [-0.39, 0.29) is 41.1 Å². The Kier molecular flexibility index (Phi) is 7.63. The Hall–Kier alpha value is -3.68. The number of rotatable bonds is 6. The van der Waals surface area contributed by atoms with E-state index in [1.807, 2.05) is 4.90 Å². The summed E-state index contributed by atoms with van der Waals surface area (Å²) >= 11 is 0. The molecule has 201 valence electrons. The highest BCUT2D eigenvalue weighted by Crippen LogP contribution is 2.29. The topological polar surface area (TPSA) is 131 Å². The van der Waals surface area contributed by atoms with Gasteiger partial charge in [0.1, 0.15) is 11.5 Å². The minimum atomic E-state index is -3.71. The van der Waals surface area contributed by atoms with E-state index >= 15 is 0 Å². The Bertz CT molecular complexity index is 1600. The molecule has 1 fully saturated rings. The largest absolute Gasteiger partial charge is 1.00 e. The number of nitrogens with zero attached hydrogens (tertiary/aromatic N) is 5. The Balaban J connectivity index is 0.00000336. The van der Waals surface area contributed by atoms with Crippen molar-refractivity contribution >= 4 is 32.9 Å². The maximum absolute atomic E-state index is 13.3. The third-order valence-electron chi connectivity index (χ3n) is 6.24. The first kappa shape index (κ1) is 27.4. The van der Waals surface area contributed by atoms with Crippen LogP contribution in [0, 0.1) is 5.82 Å². The van der Waals surface area contributed by atoms with Crippen LogP contribution in [0.15, 0.2) is 53.2 Å². The van der Waals surface area contributed by atoms with Gasteiger partial charge in [-0.1, -0.05) is 12.1 Å². The van der Waals surface area contributed by atoms with Gasteiger partial charge < -0.3 is 27.2 Å². The average molecular weight is 564 g/mol. The highest BCUT2D eigenvalue weighted by atomic mass is 35.5. The summed E-state index contributed by atoms with van der Waals surface area (Å²) in [4.78, 5) is 24.0. The molecule has 14 heteroatoms. The number of aromatic hydroxyl groups is 1. The fourth-order valence-electron chi connectivity index (χ4n) is 4.16. The van der Waals surface area contributed by atoms with Crippen LogP contribution in [-0.2, 0) is 21.2 Å². The summed E-state index contributed by atoms with van der Waals surface area (Å²) in [5, 5.41) is 13.8. The molecule has 1 radical (unpaired) electrons. The van der Waals surface area contributed by atoms with Crippen molar-refractivity contribution in [2.24, 2.45) is 0 Å². The van der Waals surface area contributed by atoms with Crippen molar-refractivity contribution in [2.45, 2.75) is 6.42 Å². The molecule has 1 saturated heterocycles. The number of fused-ring (bicyclic) bond motifs is 1. The zero-order valence-electron chi connectivity index (χ0n) is 20.6. The number of morpholine rings is 1. The van der Waals surface area contributed by atoms with Crippen LogP contribution in [0.5, 0.6) is 5.75 Å². The lowest BCUT2D eigenvalue weighted by atomic mass is 10.1. The number of ether oxygens (including phenoxy) is 1. The molecule has 2 aliphatic rings. The van der Waals surface area contributed by atoms with Crippen LogP contribution in [0.25, 0.3) is 5.65 Å². The number of benzene rings is 1. The third kappa shape index (κ3) is 5.30. The standard InChI is InChI=1S/C24H25FN6O5S.ClH/c1-29(37(2,34)35)19-12-18(30-7-9-36-10-8-30)14-31-23(19)28-20(21(32)24(31)33)22-26-13-17(27-22)11-15-3-5-16(25)6-4-15;/h3-6,12-14,27,32H,7-11H2,1-2H3;1H/q+1;/p-1. The second-order valence-electron chi connectivity index (χ2n) is 8.78. The zero-order valence-corrected chi connectivity index (χ0v) is 22.1. The molecule has 2 aliphatic heterocycles. The minimum absolute atomic E-state index is 0. The number of hydrogen-bond donors (Lipinski definition) is 2. The number of allylic oxidation sites excluding steroid dienone is 1. The van der Waals surface area contributed by atoms with Crippen LogP contribution in [0.2, 0.25) is 0 Å². The highest BCUT2D eigenvalue weighted by molar-refractivity contribution is 7.92. The van der Waals surface area contributed by atoms with Crippen molar-refractivity contribution in [3.8, 4) is 5.75 Å². The second-order valence-corrected chi connectivity index (χ2v) is 10.8. The molecule has 2 N–H and O–H groups in total. The summed E-state index contributed by atoms with van der Waals surface area (Å²) in [7, 11) is -2.33. The summed E-state index contributed by atoms with van der Waals surface area (Å²) in [6, 6.07) is 7.65. The van der Waals surface area contributed by atoms with Gasteiger partial charge in [-0.25, -0.2) is 23.1 Å². The lowest BCUT2D eigenvalue weighted by molar-refractivity contribution is -0.0000124. The van der Waals surface area contributed by atoms with Gasteiger partial charge in [0.25, 0.3) is 0 Å². The van der Waals surface area contributed by atoms with Crippen LogP contribution in [-0.4, -0.2) is 68.4 Å². The van der Waals surface area contributed by atoms with Crippen molar-refractivity contribution in [2.75, 3.05) is 48.8 Å². The second kappa shape index (κ2) is 10.6. The van der Waals surface area contributed by atoms with Crippen LogP contribution in [0.3, 0.4) is 0 Å². The molecule has 0 atom stereocenters. The molecule has 3 aromatic rings. The molecule has 4 heterocycles. The van der Waals surface area contributed by atoms with Crippen molar-refractivity contribution in [3.05, 3.63) is 75.9 Å². The van der Waals surface area contributed by atoms with Gasteiger partial charge >= 0.3 is 11.4 Å². The van der Waals surface area contributed by atoms with Gasteiger partial charge in [-0.05, 0) is 28.8 Å². The van der Waals surface area contributed by atoms with Crippen molar-refractivity contribution < 1.29 is 35.1 Å². The summed E-state index contributed by atoms with van der Waals surface area (Å²) in [6.07, 6.45) is 4.53. The highest BCUT2D eigenvalue weighted by Gasteiger charge is 2.30. The van der Waals surface area contributed by atoms with Gasteiger partial charge in [0, 0.05) is 32.8 Å². The number of aliphatic imine (C=N–C) groups is 1. The predicted molar refractivity (Wildman–Crippen MR) is 137 cm³/mol. The van der Waals surface area contributed by atoms with Gasteiger partial charge in [-0.15, -0.1) is 0 Å². The quantitative estimate of drug-likeness (QED) is 0.338. The van der Waals surface area contributed by atoms with Crippen LogP contribution in [0.4, 0.5) is 15.8 Å². The molecular formula is C24H25ClFN6O5S. The van der Waals surface area contributed by atoms with E-state index in [1.54, 1.807) is 18.2 Å². The van der Waals surface area contributed by atoms with Crippen LogP contribution < -0.4 is 37.5 Å². The maximum atomic E-state index is 13.3. The number of pyridine rings is 1. The zero-order chi connectivity index (χ0) is 26.3. The lowest BCUT2D eigenvalue weighted by Gasteiger charge is -2.30. The Labute approximate surface area is 224 Å². The van der Waals surface area contributed by atoms with Crippen LogP contribution >= 0.6 is 0 Å². The summed E-state index contributed by atoms with van der Waals surface area (Å²) in [5.41, 5.74) is 1.41. The lowest BCUT2D eigenvalue weighted by Crippen LogP contribution is -3.00. The van der Waals surface area contributed by atoms with E-state index in [9.17, 15) is 22.7 Å². The predicted octanol–water partition coefficient (Wildman–Crippen LogP) is -2.45. The Morgan fingerprint density at radius 3 is 2.58 bits per heavy atom. The minimum Gasteiger partial charge on any atom is -1.00 e. The Morgan fingerprint density at radius 2 is 1.92 bits per heavy atom. The SMILES string of the molecule is CN(c1cc(N2CCOCC2)cn2c(=O)c(O)c(C3=[N+]C=C(Cc4ccc(F)cc4)N3)nc12)S(C)(=O)=O.[Cl-]. The van der Waals surface area contributed by atoms with E-state index in [0.717, 1.165) is 20.5 Å². The summed E-state index contributed by atoms with van der Waals surface area (Å²) in [5.74, 6) is -0.835. The van der Waals surface area contributed by atoms with Gasteiger partial charge in [0.05, 0.1) is 30.8 Å². The molecule has 0 bridgehead atoms. The van der Waals surface area contributed by atoms with E-state index in [0.29, 0.717) is 44.1 Å². The smallest absolute Gasteiger partial charge is 0.351 e. The third-order valence-corrected chi connectivity index (χ3v) is 7.43. The number of halogens is 2. The number of sulfonamides is 1. The first-order chi connectivity index (χ1) is 17.6. The normalized spacial score (nSPS) is 15.5. The first-order valence-corrected chi connectivity index (χ1v) is 13.3. The monoisotopic (exact) mass is 563 g/mol. The first-order valence-electron chi connectivity index (χ1n) is 11.5. The molecule has 38 heavy (non-hydrogen) atoms. The van der Waals surface area contributed by atoms with Gasteiger partial charge in [-0.2, -0.15) is 0 Å². The number of anilines is 2. The van der Waals surface area contributed by atoms with Crippen molar-refractivity contribution in [1.82, 2.24) is 19.7 Å². The molecule has 0 spiro atoms. The van der Waals surface area contributed by atoms with E-state index in [2.05, 4.69) is 15.3 Å². The molecule has 11 nitrogen and oxygen atoms in total. The van der Waals surface area contributed by atoms with Crippen molar-refractivity contribution in [1.29, 1.82) is 0 Å². The Morgan fingerprint density at radius 1 is 1.24 bits per heavy atom. The number of aromatic nitrogens is 2. The van der Waals surface area contributed by atoms with Gasteiger partial charge in [0.15, 0.2) is 11.8 Å². The van der Waals surface area contributed by atoms with E-state index < -0.39 is 21.3 Å². The molecular weight excluding hydrogens is 539 g/mol. The van der Waals surface area contributed by atoms with Crippen molar-refractivity contribution in [3.63, 3.8) is 0 Å². The maximum Gasteiger partial charge on any atom is 0.351 e. The average Bonchev–Trinajstić information content (AvgIpc) is 3.34. The molecule has 0 saturated carbocycles. The molecule has 2 aromatic heterocycles. The molecule has 5 rings (SSSR count). The summed E-state index contributed by atoms with van der Waals surface area (Å²) < 4.78 is 45.7. The van der Waals surface area contributed by atoms with E-state index in [1.165, 1.54) is 31.6 Å². The molecule has 0 unspecified atom stereocenters. The number of nitrogens with one attached hydrogen (secondary N) is 1. The fourth-order valence-corrected chi connectivity index (χ4v) is 4.65. The molecule has 0 aliphatic carbocycles. The van der Waals surface area contributed by atoms with Crippen LogP contribution in [0.1, 0.15) is 11.3 Å². The van der Waals surface area contributed by atoms with Gasteiger partial charge in [-0.3, -0.25) is 13.5 Å². The molecule has 0 amide bonds. The van der Waals surface area contributed by atoms with Gasteiger partial charge in [0.2, 0.25) is 21.5 Å². The van der Waals surface area contributed by atoms with E-state index in [4.69, 9.17) is 4.74 Å². The number of hydrogen-bond acceptors (Lipinski definition) is 9. The molecule has 1 aromatic carbocycles. The summed E-state index contributed by atoms with van der Waals surface area (Å²) in [6.45, 7) is 2.10.